The molecule has 1 heterocycles. The molecule has 1 aliphatic rings. The summed E-state index contributed by atoms with van der Waals surface area (Å²) in [5.74, 6) is 4.78. The van der Waals surface area contributed by atoms with Crippen molar-refractivity contribution in [3.8, 4) is 11.8 Å². The molecule has 0 bridgehead atoms. The predicted molar refractivity (Wildman–Crippen MR) is 123 cm³/mol. The molecule has 8 heteroatoms. The Morgan fingerprint density at radius 3 is 2.16 bits per heavy atom. The van der Waals surface area contributed by atoms with Crippen molar-refractivity contribution in [1.82, 2.24) is 10.8 Å². The van der Waals surface area contributed by atoms with Crippen molar-refractivity contribution in [2.24, 2.45) is 11.8 Å². The Morgan fingerprint density at radius 2 is 1.72 bits per heavy atom. The summed E-state index contributed by atoms with van der Waals surface area (Å²) in [6, 6.07) is 5.32. The van der Waals surface area contributed by atoms with Gasteiger partial charge in [-0.05, 0) is 37.1 Å². The molecule has 1 aromatic carbocycles. The quantitative estimate of drug-likeness (QED) is 0.270. The molecule has 180 valence electrons. The fraction of sp³-hybridized carbons (Fsp3) is 0.500. The summed E-state index contributed by atoms with van der Waals surface area (Å²) in [5, 5.41) is 9.65. The molecule has 32 heavy (non-hydrogen) atoms. The molecule has 0 aromatic heterocycles. The van der Waals surface area contributed by atoms with Crippen LogP contribution < -0.4 is 10.8 Å². The fourth-order valence-electron chi connectivity index (χ4n) is 2.41. The van der Waals surface area contributed by atoms with Crippen LogP contribution in [-0.2, 0) is 9.53 Å². The molecule has 0 saturated carbocycles. The van der Waals surface area contributed by atoms with E-state index >= 15 is 0 Å². The summed E-state index contributed by atoms with van der Waals surface area (Å²) in [6.07, 6.45) is -0.507. The maximum atomic E-state index is 12.7. The third-order valence-corrected chi connectivity index (χ3v) is 4.20. The van der Waals surface area contributed by atoms with E-state index in [9.17, 15) is 18.4 Å². The van der Waals surface area contributed by atoms with Crippen LogP contribution in [-0.4, -0.2) is 50.1 Å². The van der Waals surface area contributed by atoms with Crippen LogP contribution in [0.1, 0.15) is 49.5 Å². The SMILES string of the molecule is C=C.CC.CC(C(F)F)C(C=O)NC(=O)c1ccc(C#CC2CCOCC2)cc1.CNO. The lowest BCUT2D eigenvalue weighted by Gasteiger charge is -2.19. The Hall–Kier alpha value is -2.60. The number of benzene rings is 1. The highest BCUT2D eigenvalue weighted by Gasteiger charge is 2.26. The Kier molecular flexibility index (Phi) is 20.0. The standard InChI is InChI=1S/C19H21F2NO3.C2H6.C2H4.CH5NO/c1-13(18(20)21)17(12-23)22-19(24)16-6-4-14(5-7-16)2-3-15-8-10-25-11-9-15;2*1-2;1-2-3/h4-7,12-13,15,17-18H,8-11H2,1H3,(H,22,24);1-2H3;1-2H2;2-3H,1H3. The lowest BCUT2D eigenvalue weighted by Crippen LogP contribution is -2.42. The number of carbonyl (C=O) groups excluding carboxylic acids is 2. The van der Waals surface area contributed by atoms with Gasteiger partial charge in [-0.1, -0.05) is 32.6 Å². The van der Waals surface area contributed by atoms with E-state index in [4.69, 9.17) is 9.94 Å². The molecule has 0 aliphatic carbocycles. The monoisotopic (exact) mass is 454 g/mol. The molecule has 0 radical (unpaired) electrons. The van der Waals surface area contributed by atoms with Gasteiger partial charge in [-0.25, -0.2) is 14.3 Å². The van der Waals surface area contributed by atoms with Gasteiger partial charge in [0, 0.05) is 43.2 Å². The molecule has 1 amide bonds. The number of hydrogen-bond acceptors (Lipinski definition) is 5. The van der Waals surface area contributed by atoms with Crippen molar-refractivity contribution in [3.05, 3.63) is 48.6 Å². The topological polar surface area (TPSA) is 87.7 Å². The number of halogens is 2. The number of hydrogen-bond donors (Lipinski definition) is 3. The first-order valence-electron chi connectivity index (χ1n) is 10.5. The molecule has 0 spiro atoms. The van der Waals surface area contributed by atoms with Gasteiger partial charge in [0.1, 0.15) is 6.29 Å². The highest BCUT2D eigenvalue weighted by molar-refractivity contribution is 5.95. The van der Waals surface area contributed by atoms with E-state index in [0.29, 0.717) is 17.8 Å². The molecular formula is C24H36F2N2O4. The second-order valence-electron chi connectivity index (χ2n) is 6.29. The molecule has 2 rings (SSSR count). The third kappa shape index (κ3) is 13.0. The highest BCUT2D eigenvalue weighted by Crippen LogP contribution is 2.15. The molecule has 1 aromatic rings. The lowest BCUT2D eigenvalue weighted by molar-refractivity contribution is -0.111. The second-order valence-corrected chi connectivity index (χ2v) is 6.29. The first-order chi connectivity index (χ1) is 15.4. The third-order valence-electron chi connectivity index (χ3n) is 4.20. The fourth-order valence-corrected chi connectivity index (χ4v) is 2.41. The number of hydroxylamine groups is 1. The van der Waals surface area contributed by atoms with Gasteiger partial charge in [-0.15, -0.1) is 13.2 Å². The van der Waals surface area contributed by atoms with Crippen molar-refractivity contribution < 1.29 is 28.3 Å². The van der Waals surface area contributed by atoms with Crippen LogP contribution in [0, 0.1) is 23.7 Å². The average molecular weight is 455 g/mol. The summed E-state index contributed by atoms with van der Waals surface area (Å²) in [5.41, 5.74) is 2.82. The Morgan fingerprint density at radius 1 is 1.22 bits per heavy atom. The summed E-state index contributed by atoms with van der Waals surface area (Å²) >= 11 is 0. The molecule has 1 saturated heterocycles. The zero-order valence-electron chi connectivity index (χ0n) is 19.4. The number of amides is 1. The summed E-state index contributed by atoms with van der Waals surface area (Å²) in [6.45, 7) is 12.7. The Balaban J connectivity index is 0. The number of ether oxygens (including phenoxy) is 1. The zero-order chi connectivity index (χ0) is 24.9. The number of alkyl halides is 2. The van der Waals surface area contributed by atoms with E-state index < -0.39 is 24.3 Å². The minimum absolute atomic E-state index is 0.296. The zero-order valence-corrected chi connectivity index (χ0v) is 19.4. The minimum Gasteiger partial charge on any atom is -0.381 e. The molecule has 3 N–H and O–H groups in total. The molecule has 6 nitrogen and oxygen atoms in total. The van der Waals surface area contributed by atoms with Gasteiger partial charge in [0.15, 0.2) is 0 Å². The van der Waals surface area contributed by atoms with E-state index in [-0.39, 0.29) is 0 Å². The summed E-state index contributed by atoms with van der Waals surface area (Å²) in [4.78, 5) is 23.0. The van der Waals surface area contributed by atoms with E-state index in [1.165, 1.54) is 14.0 Å². The lowest BCUT2D eigenvalue weighted by atomic mass is 10.0. The minimum atomic E-state index is -2.68. The van der Waals surface area contributed by atoms with Gasteiger partial charge < -0.3 is 20.1 Å². The van der Waals surface area contributed by atoms with Crippen LogP contribution in [0.4, 0.5) is 8.78 Å². The van der Waals surface area contributed by atoms with Gasteiger partial charge >= 0.3 is 0 Å². The van der Waals surface area contributed by atoms with Crippen LogP contribution in [0.5, 0.6) is 0 Å². The van der Waals surface area contributed by atoms with Gasteiger partial charge in [-0.2, -0.15) is 0 Å². The Labute approximate surface area is 190 Å². The first-order valence-corrected chi connectivity index (χ1v) is 10.5. The molecular weight excluding hydrogens is 418 g/mol. The van der Waals surface area contributed by atoms with Gasteiger partial charge in [-0.3, -0.25) is 4.79 Å². The highest BCUT2D eigenvalue weighted by atomic mass is 19.3. The van der Waals surface area contributed by atoms with Crippen molar-refractivity contribution in [2.45, 2.75) is 46.1 Å². The molecule has 1 aliphatic heterocycles. The number of nitrogens with one attached hydrogen (secondary N) is 2. The van der Waals surface area contributed by atoms with E-state index in [0.717, 1.165) is 31.6 Å². The van der Waals surface area contributed by atoms with Crippen molar-refractivity contribution in [2.75, 3.05) is 20.3 Å². The average Bonchev–Trinajstić information content (AvgIpc) is 2.84. The maximum Gasteiger partial charge on any atom is 0.251 e. The van der Waals surface area contributed by atoms with Crippen LogP contribution >= 0.6 is 0 Å². The number of carbonyl (C=O) groups is 2. The van der Waals surface area contributed by atoms with Gasteiger partial charge in [0.25, 0.3) is 5.91 Å². The van der Waals surface area contributed by atoms with Crippen LogP contribution in [0.3, 0.4) is 0 Å². The van der Waals surface area contributed by atoms with Crippen LogP contribution in [0.15, 0.2) is 37.4 Å². The largest absolute Gasteiger partial charge is 0.381 e. The molecule has 2 unspecified atom stereocenters. The molecule has 1 fully saturated rings. The Bertz CT molecular complexity index is 681. The number of rotatable bonds is 5. The van der Waals surface area contributed by atoms with Crippen molar-refractivity contribution >= 4 is 12.2 Å². The predicted octanol–water partition coefficient (Wildman–Crippen LogP) is 4.09. The van der Waals surface area contributed by atoms with Gasteiger partial charge in [0.2, 0.25) is 6.43 Å². The summed E-state index contributed by atoms with van der Waals surface area (Å²) in [7, 11) is 1.43. The van der Waals surface area contributed by atoms with E-state index in [1.54, 1.807) is 29.7 Å². The van der Waals surface area contributed by atoms with Crippen molar-refractivity contribution in [1.29, 1.82) is 0 Å². The smallest absolute Gasteiger partial charge is 0.251 e. The van der Waals surface area contributed by atoms with Crippen LogP contribution in [0.2, 0.25) is 0 Å². The summed E-state index contributed by atoms with van der Waals surface area (Å²) < 4.78 is 30.6. The normalized spacial score (nSPS) is 14.4. The maximum absolute atomic E-state index is 12.7. The van der Waals surface area contributed by atoms with E-state index in [1.807, 2.05) is 13.8 Å². The van der Waals surface area contributed by atoms with Crippen LogP contribution in [0.25, 0.3) is 0 Å². The van der Waals surface area contributed by atoms with Gasteiger partial charge in [0.05, 0.1) is 6.04 Å². The second kappa shape index (κ2) is 20.3. The van der Waals surface area contributed by atoms with E-state index in [2.05, 4.69) is 30.3 Å². The first kappa shape index (κ1) is 31.6. The molecule has 2 atom stereocenters. The van der Waals surface area contributed by atoms with Crippen molar-refractivity contribution in [3.63, 3.8) is 0 Å². The number of aldehydes is 1.